The molecule has 0 spiro atoms. The van der Waals surface area contributed by atoms with Crippen molar-refractivity contribution in [3.63, 3.8) is 0 Å². The van der Waals surface area contributed by atoms with Crippen molar-refractivity contribution in [2.45, 2.75) is 18.8 Å². The van der Waals surface area contributed by atoms with E-state index < -0.39 is 5.92 Å². The molecular weight excluding hydrogens is 266 g/mol. The SMILES string of the molecule is C/[N+]([O-])=C\C1C(=O)CC(c2ccc(Cl)cc2)CC1=O. The average molecular weight is 280 g/mol. The summed E-state index contributed by atoms with van der Waals surface area (Å²) in [6.45, 7) is 0. The molecule has 0 saturated heterocycles. The topological polar surface area (TPSA) is 60.2 Å². The minimum absolute atomic E-state index is 0.112. The first kappa shape index (κ1) is 13.7. The van der Waals surface area contributed by atoms with Gasteiger partial charge in [-0.05, 0) is 23.6 Å². The number of carbonyl (C=O) groups excluding carboxylic acids is 2. The van der Waals surface area contributed by atoms with Crippen molar-refractivity contribution in [2.75, 3.05) is 7.05 Å². The van der Waals surface area contributed by atoms with Crippen molar-refractivity contribution in [3.8, 4) is 0 Å². The summed E-state index contributed by atoms with van der Waals surface area (Å²) in [6.07, 6.45) is 1.70. The molecule has 0 heterocycles. The number of halogens is 1. The molecule has 0 unspecified atom stereocenters. The Morgan fingerprint density at radius 2 is 1.74 bits per heavy atom. The Labute approximate surface area is 116 Å². The fourth-order valence-corrected chi connectivity index (χ4v) is 2.46. The van der Waals surface area contributed by atoms with Gasteiger partial charge in [0.1, 0.15) is 7.05 Å². The maximum Gasteiger partial charge on any atom is 0.168 e. The van der Waals surface area contributed by atoms with Crippen LogP contribution in [0.3, 0.4) is 0 Å². The maximum absolute atomic E-state index is 11.9. The summed E-state index contributed by atoms with van der Waals surface area (Å²) in [6, 6.07) is 7.15. The fourth-order valence-electron chi connectivity index (χ4n) is 2.34. The highest BCUT2D eigenvalue weighted by Gasteiger charge is 2.36. The van der Waals surface area contributed by atoms with E-state index in [-0.39, 0.29) is 30.3 Å². The van der Waals surface area contributed by atoms with Crippen molar-refractivity contribution >= 4 is 29.4 Å². The van der Waals surface area contributed by atoms with Crippen LogP contribution in [0, 0.1) is 11.1 Å². The third-order valence-electron chi connectivity index (χ3n) is 3.29. The van der Waals surface area contributed by atoms with E-state index in [0.717, 1.165) is 11.8 Å². The van der Waals surface area contributed by atoms with Gasteiger partial charge in [-0.15, -0.1) is 0 Å². The summed E-state index contributed by atoms with van der Waals surface area (Å²) in [7, 11) is 1.27. The van der Waals surface area contributed by atoms with Crippen LogP contribution in [-0.2, 0) is 9.59 Å². The third kappa shape index (κ3) is 3.20. The molecule has 1 aromatic carbocycles. The van der Waals surface area contributed by atoms with Gasteiger partial charge >= 0.3 is 0 Å². The predicted octanol–water partition coefficient (Wildman–Crippen LogP) is 2.18. The zero-order valence-electron chi connectivity index (χ0n) is 10.5. The van der Waals surface area contributed by atoms with Crippen LogP contribution in [0.1, 0.15) is 24.3 Å². The van der Waals surface area contributed by atoms with Crippen LogP contribution < -0.4 is 0 Å². The lowest BCUT2D eigenvalue weighted by atomic mass is 9.77. The zero-order chi connectivity index (χ0) is 14.0. The Hall–Kier alpha value is -1.68. The molecule has 0 N–H and O–H groups in total. The molecule has 4 nitrogen and oxygen atoms in total. The first-order chi connectivity index (χ1) is 8.97. The Morgan fingerprint density at radius 1 is 1.21 bits per heavy atom. The van der Waals surface area contributed by atoms with Crippen molar-refractivity contribution in [2.24, 2.45) is 5.92 Å². The van der Waals surface area contributed by atoms with Gasteiger partial charge in [0.15, 0.2) is 23.7 Å². The molecule has 1 saturated carbocycles. The van der Waals surface area contributed by atoms with Crippen molar-refractivity contribution in [1.82, 2.24) is 0 Å². The molecule has 0 atom stereocenters. The second-order valence-electron chi connectivity index (χ2n) is 4.76. The lowest BCUT2D eigenvalue weighted by molar-refractivity contribution is -0.419. The zero-order valence-corrected chi connectivity index (χ0v) is 11.3. The van der Waals surface area contributed by atoms with E-state index in [1.807, 2.05) is 12.1 Å². The van der Waals surface area contributed by atoms with E-state index in [2.05, 4.69) is 0 Å². The van der Waals surface area contributed by atoms with E-state index in [9.17, 15) is 14.8 Å². The lowest BCUT2D eigenvalue weighted by Gasteiger charge is -2.24. The van der Waals surface area contributed by atoms with Crippen molar-refractivity contribution < 1.29 is 14.3 Å². The van der Waals surface area contributed by atoms with Crippen LogP contribution >= 0.6 is 11.6 Å². The quantitative estimate of drug-likeness (QED) is 0.274. The number of hydrogen-bond donors (Lipinski definition) is 0. The first-order valence-electron chi connectivity index (χ1n) is 6.03. The van der Waals surface area contributed by atoms with Gasteiger partial charge in [0.25, 0.3) is 0 Å². The molecule has 0 aromatic heterocycles. The van der Waals surface area contributed by atoms with Gasteiger partial charge in [-0.3, -0.25) is 9.59 Å². The fraction of sp³-hybridized carbons (Fsp3) is 0.357. The highest BCUT2D eigenvalue weighted by Crippen LogP contribution is 2.31. The second kappa shape index (κ2) is 5.53. The molecule has 0 radical (unpaired) electrons. The van der Waals surface area contributed by atoms with Gasteiger partial charge in [0.2, 0.25) is 0 Å². The Balaban J connectivity index is 2.18. The Kier molecular flexibility index (Phi) is 4.00. The standard InChI is InChI=1S/C14H14ClNO3/c1-16(19)8-12-13(17)6-10(7-14(12)18)9-2-4-11(15)5-3-9/h2-5,8,10,12H,6-7H2,1H3/b16-8+. The smallest absolute Gasteiger partial charge is 0.168 e. The largest absolute Gasteiger partial charge is 0.624 e. The van der Waals surface area contributed by atoms with Gasteiger partial charge in [0.05, 0.1) is 0 Å². The highest BCUT2D eigenvalue weighted by atomic mass is 35.5. The number of benzene rings is 1. The molecule has 0 bridgehead atoms. The van der Waals surface area contributed by atoms with Gasteiger partial charge in [-0.2, -0.15) is 0 Å². The molecule has 19 heavy (non-hydrogen) atoms. The summed E-state index contributed by atoms with van der Waals surface area (Å²) in [5.74, 6) is -1.39. The second-order valence-corrected chi connectivity index (χ2v) is 5.20. The molecule has 1 aliphatic carbocycles. The lowest BCUT2D eigenvalue weighted by Crippen LogP contribution is -2.35. The van der Waals surface area contributed by atoms with Crippen molar-refractivity contribution in [1.29, 1.82) is 0 Å². The summed E-state index contributed by atoms with van der Waals surface area (Å²) < 4.78 is 0.517. The maximum atomic E-state index is 11.9. The number of nitrogens with zero attached hydrogens (tertiary/aromatic N) is 1. The van der Waals surface area contributed by atoms with Crippen LogP contribution in [0.5, 0.6) is 0 Å². The van der Waals surface area contributed by atoms with Gasteiger partial charge in [-0.1, -0.05) is 23.7 Å². The van der Waals surface area contributed by atoms with Gasteiger partial charge < -0.3 is 5.21 Å². The molecule has 0 aliphatic heterocycles. The number of rotatable bonds is 2. The molecule has 1 fully saturated rings. The summed E-state index contributed by atoms with van der Waals surface area (Å²) in [5.41, 5.74) is 0.931. The molecule has 5 heteroatoms. The van der Waals surface area contributed by atoms with E-state index >= 15 is 0 Å². The number of hydrogen-bond acceptors (Lipinski definition) is 3. The molecule has 0 amide bonds. The monoisotopic (exact) mass is 279 g/mol. The van der Waals surface area contributed by atoms with Crippen molar-refractivity contribution in [3.05, 3.63) is 40.1 Å². The number of hydroxylamine groups is 1. The average Bonchev–Trinajstić information content (AvgIpc) is 2.34. The van der Waals surface area contributed by atoms with E-state index in [4.69, 9.17) is 11.6 Å². The number of ketones is 2. The van der Waals surface area contributed by atoms with Crippen LogP contribution in [0.25, 0.3) is 0 Å². The molecule has 100 valence electrons. The predicted molar refractivity (Wildman–Crippen MR) is 72.5 cm³/mol. The van der Waals surface area contributed by atoms with Gasteiger partial charge in [-0.25, -0.2) is 4.74 Å². The summed E-state index contributed by atoms with van der Waals surface area (Å²) in [5, 5.41) is 11.6. The van der Waals surface area contributed by atoms with Gasteiger partial charge in [0, 0.05) is 17.9 Å². The normalized spacial score (nSPS) is 24.6. The van der Waals surface area contributed by atoms with Crippen LogP contribution in [0.2, 0.25) is 5.02 Å². The molecular formula is C14H14ClNO3. The first-order valence-corrected chi connectivity index (χ1v) is 6.41. The van der Waals surface area contributed by atoms with Crippen LogP contribution in [-0.4, -0.2) is 29.6 Å². The molecule has 1 aliphatic rings. The third-order valence-corrected chi connectivity index (χ3v) is 3.54. The molecule has 2 rings (SSSR count). The van der Waals surface area contributed by atoms with E-state index in [1.54, 1.807) is 12.1 Å². The minimum atomic E-state index is -0.883. The highest BCUT2D eigenvalue weighted by molar-refractivity contribution is 6.30. The van der Waals surface area contributed by atoms with Crippen LogP contribution in [0.4, 0.5) is 0 Å². The summed E-state index contributed by atoms with van der Waals surface area (Å²) >= 11 is 5.81. The van der Waals surface area contributed by atoms with E-state index in [0.29, 0.717) is 9.76 Å². The molecule has 1 aromatic rings. The summed E-state index contributed by atoms with van der Waals surface area (Å²) in [4.78, 5) is 23.9. The minimum Gasteiger partial charge on any atom is -0.624 e. The number of carbonyl (C=O) groups is 2. The number of Topliss-reactive ketones (excluding diaryl/α,β-unsaturated/α-hetero) is 2. The van der Waals surface area contributed by atoms with Crippen LogP contribution in [0.15, 0.2) is 24.3 Å². The Morgan fingerprint density at radius 3 is 2.21 bits per heavy atom. The van der Waals surface area contributed by atoms with E-state index in [1.165, 1.54) is 7.05 Å². The Bertz CT molecular complexity index is 514.